The lowest BCUT2D eigenvalue weighted by Crippen LogP contribution is -2.47. The van der Waals surface area contributed by atoms with E-state index in [1.165, 1.54) is 0 Å². The van der Waals surface area contributed by atoms with Crippen LogP contribution in [0, 0.1) is 0 Å². The lowest BCUT2D eigenvalue weighted by Gasteiger charge is -2.34. The van der Waals surface area contributed by atoms with Gasteiger partial charge < -0.3 is 8.85 Å². The van der Waals surface area contributed by atoms with Gasteiger partial charge in [0.2, 0.25) is 0 Å². The maximum absolute atomic E-state index is 6.21. The monoisotopic (exact) mass is 247 g/mol. The van der Waals surface area contributed by atoms with Gasteiger partial charge in [-0.05, 0) is 39.5 Å². The normalized spacial score (nSPS) is 17.4. The van der Waals surface area contributed by atoms with Gasteiger partial charge in [-0.15, -0.1) is 0 Å². The van der Waals surface area contributed by atoms with E-state index in [0.717, 1.165) is 32.2 Å². The van der Waals surface area contributed by atoms with Crippen molar-refractivity contribution in [1.82, 2.24) is 4.90 Å². The highest BCUT2D eigenvalue weighted by Crippen LogP contribution is 2.19. The van der Waals surface area contributed by atoms with Crippen LogP contribution in [0.2, 0.25) is 12.6 Å². The van der Waals surface area contributed by atoms with E-state index in [2.05, 4.69) is 39.1 Å². The first kappa shape index (κ1) is 16.1. The quantitative estimate of drug-likeness (QED) is 0.461. The maximum Gasteiger partial charge on any atom is 0.336 e. The second-order valence-electron chi connectivity index (χ2n) is 4.26. The summed E-state index contributed by atoms with van der Waals surface area (Å²) in [6, 6.07) is 1.08. The largest absolute Gasteiger partial charge is 0.395 e. The van der Waals surface area contributed by atoms with Crippen molar-refractivity contribution in [3.05, 3.63) is 0 Å². The van der Waals surface area contributed by atoms with E-state index in [9.17, 15) is 0 Å². The zero-order valence-corrected chi connectivity index (χ0v) is 12.9. The van der Waals surface area contributed by atoms with Gasteiger partial charge in [-0.1, -0.05) is 27.2 Å². The molecule has 0 amide bonds. The van der Waals surface area contributed by atoms with Crippen LogP contribution in [0.5, 0.6) is 0 Å². The number of hydrogen-bond donors (Lipinski definition) is 0. The first-order chi connectivity index (χ1) is 7.52. The topological polar surface area (TPSA) is 21.7 Å². The summed E-state index contributed by atoms with van der Waals surface area (Å²) in [7, 11) is -1.95. The van der Waals surface area contributed by atoms with Gasteiger partial charge in [0.15, 0.2) is 0 Å². The Bertz CT molecular complexity index is 168. The first-order valence-electron chi connectivity index (χ1n) is 6.58. The summed E-state index contributed by atoms with van der Waals surface area (Å²) in [4.78, 5) is 2.32. The zero-order valence-electron chi connectivity index (χ0n) is 11.9. The van der Waals surface area contributed by atoms with E-state index in [4.69, 9.17) is 8.85 Å². The summed E-state index contributed by atoms with van der Waals surface area (Å²) in [5, 5.41) is 0. The van der Waals surface area contributed by atoms with Crippen LogP contribution in [-0.2, 0) is 8.85 Å². The minimum Gasteiger partial charge on any atom is -0.395 e. The van der Waals surface area contributed by atoms with E-state index >= 15 is 0 Å². The molecule has 4 heteroatoms. The molecule has 0 saturated heterocycles. The first-order valence-corrected chi connectivity index (χ1v) is 9.11. The molecule has 3 nitrogen and oxygen atoms in total. The SMILES string of the molecule is CCC[Si](C)(OCC)OC(C)N(CC)CC. The van der Waals surface area contributed by atoms with Crippen LogP contribution >= 0.6 is 0 Å². The third-order valence-electron chi connectivity index (χ3n) is 2.90. The maximum atomic E-state index is 6.21. The van der Waals surface area contributed by atoms with Gasteiger partial charge in [0.05, 0.1) is 6.23 Å². The highest BCUT2D eigenvalue weighted by molar-refractivity contribution is 6.66. The summed E-state index contributed by atoms with van der Waals surface area (Å²) in [5.41, 5.74) is 0. The lowest BCUT2D eigenvalue weighted by atomic mass is 10.5. The summed E-state index contributed by atoms with van der Waals surface area (Å²) in [6.07, 6.45) is 1.30. The molecule has 0 aromatic carbocycles. The molecule has 98 valence electrons. The minimum absolute atomic E-state index is 0.171. The van der Waals surface area contributed by atoms with Crippen molar-refractivity contribution in [3.63, 3.8) is 0 Å². The van der Waals surface area contributed by atoms with Crippen molar-refractivity contribution in [3.8, 4) is 0 Å². The predicted octanol–water partition coefficient (Wildman–Crippen LogP) is 3.21. The van der Waals surface area contributed by atoms with Gasteiger partial charge in [-0.25, -0.2) is 0 Å². The molecule has 0 aliphatic heterocycles. The summed E-state index contributed by atoms with van der Waals surface area (Å²) >= 11 is 0. The Morgan fingerprint density at radius 1 is 1.12 bits per heavy atom. The van der Waals surface area contributed by atoms with Crippen molar-refractivity contribution < 1.29 is 8.85 Å². The Morgan fingerprint density at radius 2 is 1.69 bits per heavy atom. The Labute approximate surface area is 102 Å². The van der Waals surface area contributed by atoms with E-state index < -0.39 is 8.56 Å². The average Bonchev–Trinajstić information content (AvgIpc) is 2.19. The number of hydrogen-bond acceptors (Lipinski definition) is 3. The van der Waals surface area contributed by atoms with Crippen molar-refractivity contribution in [2.24, 2.45) is 0 Å². The summed E-state index contributed by atoms with van der Waals surface area (Å²) in [6.45, 7) is 15.7. The Morgan fingerprint density at radius 3 is 2.06 bits per heavy atom. The summed E-state index contributed by atoms with van der Waals surface area (Å²) < 4.78 is 12.1. The Balaban J connectivity index is 4.36. The third-order valence-corrected chi connectivity index (χ3v) is 6.05. The molecule has 0 aliphatic carbocycles. The van der Waals surface area contributed by atoms with Crippen LogP contribution in [-0.4, -0.2) is 39.4 Å². The molecule has 0 bridgehead atoms. The third kappa shape index (κ3) is 5.43. The summed E-state index contributed by atoms with van der Waals surface area (Å²) in [5.74, 6) is 0. The van der Waals surface area contributed by atoms with Gasteiger partial charge in [0.25, 0.3) is 0 Å². The van der Waals surface area contributed by atoms with Gasteiger partial charge in [0, 0.05) is 6.61 Å². The molecule has 0 aliphatic rings. The molecule has 0 aromatic heterocycles. The Kier molecular flexibility index (Phi) is 8.28. The molecular weight excluding hydrogens is 218 g/mol. The van der Waals surface area contributed by atoms with Gasteiger partial charge in [-0.2, -0.15) is 0 Å². The second kappa shape index (κ2) is 8.23. The van der Waals surface area contributed by atoms with Crippen LogP contribution in [0.3, 0.4) is 0 Å². The predicted molar refractivity (Wildman–Crippen MR) is 71.8 cm³/mol. The highest BCUT2D eigenvalue weighted by Gasteiger charge is 2.33. The van der Waals surface area contributed by atoms with Crippen LogP contribution in [0.25, 0.3) is 0 Å². The Hall–Kier alpha value is 0.0969. The van der Waals surface area contributed by atoms with Gasteiger partial charge in [-0.3, -0.25) is 4.90 Å². The fourth-order valence-electron chi connectivity index (χ4n) is 2.10. The molecule has 2 unspecified atom stereocenters. The fraction of sp³-hybridized carbons (Fsp3) is 1.00. The van der Waals surface area contributed by atoms with Crippen LogP contribution in [0.1, 0.15) is 41.0 Å². The van der Waals surface area contributed by atoms with E-state index in [1.807, 2.05) is 6.92 Å². The molecule has 0 N–H and O–H groups in total. The van der Waals surface area contributed by atoms with Crippen LogP contribution in [0.4, 0.5) is 0 Å². The molecule has 0 aromatic rings. The number of rotatable bonds is 9. The van der Waals surface area contributed by atoms with Crippen LogP contribution < -0.4 is 0 Å². The average molecular weight is 247 g/mol. The molecular formula is C12H29NO2Si. The minimum atomic E-state index is -1.95. The fourth-order valence-corrected chi connectivity index (χ4v) is 4.82. The smallest absolute Gasteiger partial charge is 0.336 e. The number of nitrogens with zero attached hydrogens (tertiary/aromatic N) is 1. The lowest BCUT2D eigenvalue weighted by molar-refractivity contribution is 0.0134. The van der Waals surface area contributed by atoms with Gasteiger partial charge in [0.1, 0.15) is 0 Å². The van der Waals surface area contributed by atoms with Crippen molar-refractivity contribution in [1.29, 1.82) is 0 Å². The van der Waals surface area contributed by atoms with Crippen LogP contribution in [0.15, 0.2) is 0 Å². The van der Waals surface area contributed by atoms with Crippen molar-refractivity contribution in [2.75, 3.05) is 19.7 Å². The molecule has 0 radical (unpaired) electrons. The van der Waals surface area contributed by atoms with Crippen molar-refractivity contribution >= 4 is 8.56 Å². The molecule has 0 heterocycles. The molecule has 16 heavy (non-hydrogen) atoms. The van der Waals surface area contributed by atoms with Gasteiger partial charge >= 0.3 is 8.56 Å². The van der Waals surface area contributed by atoms with E-state index in [0.29, 0.717) is 0 Å². The zero-order chi connectivity index (χ0) is 12.6. The standard InChI is InChI=1S/C12H29NO2Si/c1-7-11-16(6,14-10-4)15-12(5)13(8-2)9-3/h12H,7-11H2,1-6H3. The van der Waals surface area contributed by atoms with E-state index in [1.54, 1.807) is 0 Å². The second-order valence-corrected chi connectivity index (χ2v) is 7.55. The molecule has 0 spiro atoms. The molecule has 0 fully saturated rings. The molecule has 0 saturated carbocycles. The highest BCUT2D eigenvalue weighted by atomic mass is 28.4. The van der Waals surface area contributed by atoms with E-state index in [-0.39, 0.29) is 6.23 Å². The molecule has 0 rings (SSSR count). The molecule has 2 atom stereocenters. The van der Waals surface area contributed by atoms with Crippen molar-refractivity contribution in [2.45, 2.75) is 59.9 Å².